The molecule has 1 N–H and O–H groups in total. The smallest absolute Gasteiger partial charge is 0.227 e. The van der Waals surface area contributed by atoms with Crippen molar-refractivity contribution < 1.29 is 18.7 Å². The molecular formula is C17H17F2NO2. The molecule has 0 heterocycles. The summed E-state index contributed by atoms with van der Waals surface area (Å²) in [5.74, 6) is -2.33. The minimum Gasteiger partial charge on any atom is -0.395 e. The summed E-state index contributed by atoms with van der Waals surface area (Å²) in [6, 6.07) is 13.1. The van der Waals surface area contributed by atoms with Gasteiger partial charge in [-0.2, -0.15) is 0 Å². The normalized spacial score (nSPS) is 10.5. The molecular weight excluding hydrogens is 288 g/mol. The van der Waals surface area contributed by atoms with Gasteiger partial charge in [0.15, 0.2) is 11.6 Å². The van der Waals surface area contributed by atoms with Gasteiger partial charge in [-0.05, 0) is 11.6 Å². The van der Waals surface area contributed by atoms with Crippen LogP contribution in [-0.2, 0) is 17.8 Å². The van der Waals surface area contributed by atoms with Crippen molar-refractivity contribution in [2.75, 3.05) is 13.2 Å². The molecule has 0 unspecified atom stereocenters. The standard InChI is InChI=1S/C17H17F2NO2/c18-15-8-4-7-14(17(15)19)11-16(22)20(9-10-21)12-13-5-2-1-3-6-13/h1-8,21H,9-12H2. The lowest BCUT2D eigenvalue weighted by molar-refractivity contribution is -0.131. The molecule has 2 rings (SSSR count). The van der Waals surface area contributed by atoms with Crippen LogP contribution in [0.15, 0.2) is 48.5 Å². The van der Waals surface area contributed by atoms with Crippen molar-refractivity contribution >= 4 is 5.91 Å². The van der Waals surface area contributed by atoms with Crippen molar-refractivity contribution in [2.24, 2.45) is 0 Å². The van der Waals surface area contributed by atoms with Gasteiger partial charge >= 0.3 is 0 Å². The fraction of sp³-hybridized carbons (Fsp3) is 0.235. The average molecular weight is 305 g/mol. The second-order valence-corrected chi connectivity index (χ2v) is 4.91. The number of carbonyl (C=O) groups excluding carboxylic acids is 1. The summed E-state index contributed by atoms with van der Waals surface area (Å²) in [7, 11) is 0. The molecule has 2 aromatic rings. The Morgan fingerprint density at radius 2 is 1.77 bits per heavy atom. The molecule has 0 atom stereocenters. The first-order valence-corrected chi connectivity index (χ1v) is 6.97. The fourth-order valence-electron chi connectivity index (χ4n) is 2.18. The predicted molar refractivity (Wildman–Crippen MR) is 79.0 cm³/mol. The Morgan fingerprint density at radius 3 is 2.45 bits per heavy atom. The van der Waals surface area contributed by atoms with Crippen LogP contribution in [0.2, 0.25) is 0 Å². The lowest BCUT2D eigenvalue weighted by Crippen LogP contribution is -2.34. The summed E-state index contributed by atoms with van der Waals surface area (Å²) >= 11 is 0. The summed E-state index contributed by atoms with van der Waals surface area (Å²) in [4.78, 5) is 13.7. The molecule has 2 aromatic carbocycles. The van der Waals surface area contributed by atoms with Gasteiger partial charge in [-0.1, -0.05) is 42.5 Å². The SMILES string of the molecule is O=C(Cc1cccc(F)c1F)N(CCO)Cc1ccccc1. The van der Waals surface area contributed by atoms with Crippen molar-refractivity contribution in [3.63, 3.8) is 0 Å². The van der Waals surface area contributed by atoms with Crippen LogP contribution in [0, 0.1) is 11.6 Å². The van der Waals surface area contributed by atoms with E-state index in [0.29, 0.717) is 6.54 Å². The Hall–Kier alpha value is -2.27. The second kappa shape index (κ2) is 7.66. The van der Waals surface area contributed by atoms with Gasteiger partial charge in [0.05, 0.1) is 13.0 Å². The molecule has 0 spiro atoms. The number of hydrogen-bond acceptors (Lipinski definition) is 2. The van der Waals surface area contributed by atoms with E-state index >= 15 is 0 Å². The molecule has 1 amide bonds. The number of halogens is 2. The van der Waals surface area contributed by atoms with Crippen LogP contribution in [-0.4, -0.2) is 29.1 Å². The molecule has 0 aliphatic carbocycles. The maximum Gasteiger partial charge on any atom is 0.227 e. The first-order chi connectivity index (χ1) is 10.6. The molecule has 5 heteroatoms. The summed E-state index contributed by atoms with van der Waals surface area (Å²) in [6.07, 6.45) is -0.240. The molecule has 0 aliphatic heterocycles. The highest BCUT2D eigenvalue weighted by Crippen LogP contribution is 2.14. The first-order valence-electron chi connectivity index (χ1n) is 6.97. The Kier molecular flexibility index (Phi) is 5.61. The van der Waals surface area contributed by atoms with Crippen LogP contribution in [0.25, 0.3) is 0 Å². The third-order valence-electron chi connectivity index (χ3n) is 3.31. The van der Waals surface area contributed by atoms with Crippen molar-refractivity contribution in [2.45, 2.75) is 13.0 Å². The minimum absolute atomic E-state index is 0.0148. The zero-order chi connectivity index (χ0) is 15.9. The molecule has 0 radical (unpaired) electrons. The second-order valence-electron chi connectivity index (χ2n) is 4.91. The highest BCUT2D eigenvalue weighted by Gasteiger charge is 2.17. The predicted octanol–water partition coefficient (Wildman–Crippen LogP) is 2.53. The van der Waals surface area contributed by atoms with E-state index in [2.05, 4.69) is 0 Å². The molecule has 0 fully saturated rings. The van der Waals surface area contributed by atoms with E-state index < -0.39 is 11.6 Å². The lowest BCUT2D eigenvalue weighted by atomic mass is 10.1. The highest BCUT2D eigenvalue weighted by molar-refractivity contribution is 5.78. The monoisotopic (exact) mass is 305 g/mol. The number of aliphatic hydroxyl groups is 1. The van der Waals surface area contributed by atoms with Crippen LogP contribution in [0.5, 0.6) is 0 Å². The Labute approximate surface area is 127 Å². The first kappa shape index (κ1) is 16.1. The van der Waals surface area contributed by atoms with Gasteiger partial charge in [0, 0.05) is 18.7 Å². The van der Waals surface area contributed by atoms with Crippen LogP contribution in [0.4, 0.5) is 8.78 Å². The zero-order valence-corrected chi connectivity index (χ0v) is 12.0. The van der Waals surface area contributed by atoms with Gasteiger partial charge in [-0.25, -0.2) is 8.78 Å². The number of rotatable bonds is 6. The maximum absolute atomic E-state index is 13.6. The number of amides is 1. The van der Waals surface area contributed by atoms with Gasteiger partial charge in [-0.15, -0.1) is 0 Å². The number of carbonyl (C=O) groups is 1. The van der Waals surface area contributed by atoms with Crippen LogP contribution in [0.1, 0.15) is 11.1 Å². The molecule has 116 valence electrons. The van der Waals surface area contributed by atoms with Gasteiger partial charge < -0.3 is 10.0 Å². The summed E-state index contributed by atoms with van der Waals surface area (Å²) in [5.41, 5.74) is 0.921. The molecule has 22 heavy (non-hydrogen) atoms. The third-order valence-corrected chi connectivity index (χ3v) is 3.31. The highest BCUT2D eigenvalue weighted by atomic mass is 19.2. The number of aliphatic hydroxyl groups excluding tert-OH is 1. The summed E-state index contributed by atoms with van der Waals surface area (Å²) in [6.45, 7) is 0.270. The maximum atomic E-state index is 13.6. The van der Waals surface area contributed by atoms with E-state index in [1.165, 1.54) is 17.0 Å². The van der Waals surface area contributed by atoms with Crippen molar-refractivity contribution in [3.05, 3.63) is 71.3 Å². The third kappa shape index (κ3) is 4.11. The number of hydrogen-bond donors (Lipinski definition) is 1. The van der Waals surface area contributed by atoms with E-state index in [1.54, 1.807) is 0 Å². The fourth-order valence-corrected chi connectivity index (χ4v) is 2.18. The van der Waals surface area contributed by atoms with Gasteiger partial charge in [0.25, 0.3) is 0 Å². The van der Waals surface area contributed by atoms with E-state index in [0.717, 1.165) is 11.6 Å². The summed E-state index contributed by atoms with van der Waals surface area (Å²) in [5, 5.41) is 9.10. The molecule has 0 bridgehead atoms. The molecule has 0 aromatic heterocycles. The lowest BCUT2D eigenvalue weighted by Gasteiger charge is -2.22. The van der Waals surface area contributed by atoms with Gasteiger partial charge in [0.1, 0.15) is 0 Å². The molecule has 0 saturated heterocycles. The van der Waals surface area contributed by atoms with E-state index in [4.69, 9.17) is 5.11 Å². The minimum atomic E-state index is -1.00. The average Bonchev–Trinajstić information content (AvgIpc) is 2.52. The van der Waals surface area contributed by atoms with Crippen LogP contribution in [0.3, 0.4) is 0 Å². The number of nitrogens with zero attached hydrogens (tertiary/aromatic N) is 1. The largest absolute Gasteiger partial charge is 0.395 e. The Bertz CT molecular complexity index is 632. The topological polar surface area (TPSA) is 40.5 Å². The van der Waals surface area contributed by atoms with Gasteiger partial charge in [-0.3, -0.25) is 4.79 Å². The molecule has 3 nitrogen and oxygen atoms in total. The van der Waals surface area contributed by atoms with Crippen LogP contribution < -0.4 is 0 Å². The van der Waals surface area contributed by atoms with Crippen molar-refractivity contribution in [3.8, 4) is 0 Å². The van der Waals surface area contributed by atoms with E-state index in [9.17, 15) is 13.6 Å². The van der Waals surface area contributed by atoms with E-state index in [-0.39, 0.29) is 31.0 Å². The van der Waals surface area contributed by atoms with E-state index in [1.807, 2.05) is 30.3 Å². The Morgan fingerprint density at radius 1 is 1.05 bits per heavy atom. The number of benzene rings is 2. The van der Waals surface area contributed by atoms with Crippen molar-refractivity contribution in [1.29, 1.82) is 0 Å². The van der Waals surface area contributed by atoms with Crippen molar-refractivity contribution in [1.82, 2.24) is 4.90 Å². The van der Waals surface area contributed by atoms with Gasteiger partial charge in [0.2, 0.25) is 5.91 Å². The quantitative estimate of drug-likeness (QED) is 0.891. The summed E-state index contributed by atoms with van der Waals surface area (Å²) < 4.78 is 26.8. The molecule has 0 aliphatic rings. The zero-order valence-electron chi connectivity index (χ0n) is 12.0. The van der Waals surface area contributed by atoms with Crippen LogP contribution >= 0.6 is 0 Å². The molecule has 0 saturated carbocycles. The Balaban J connectivity index is 2.11.